The monoisotopic (exact) mass is 316 g/mol. The van der Waals surface area contributed by atoms with Crippen molar-refractivity contribution in [3.05, 3.63) is 34.9 Å². The molecule has 0 saturated heterocycles. The van der Waals surface area contributed by atoms with Crippen LogP contribution in [0.4, 0.5) is 0 Å². The Balaban J connectivity index is 3.14. The third kappa shape index (κ3) is 4.67. The van der Waals surface area contributed by atoms with E-state index in [1.165, 1.54) is 18.2 Å². The van der Waals surface area contributed by atoms with Crippen LogP contribution in [0.2, 0.25) is 0 Å². The molecule has 0 spiro atoms. The van der Waals surface area contributed by atoms with Gasteiger partial charge in [0.05, 0.1) is 30.5 Å². The van der Waals surface area contributed by atoms with Crippen LogP contribution in [0.25, 0.3) is 0 Å². The van der Waals surface area contributed by atoms with Crippen LogP contribution in [0, 0.1) is 0 Å². The number of carboxylic acid groups (broad SMARTS) is 2. The molecule has 21 heavy (non-hydrogen) atoms. The average Bonchev–Trinajstić information content (AvgIpc) is 2.38. The fourth-order valence-corrected chi connectivity index (χ4v) is 3.49. The summed E-state index contributed by atoms with van der Waals surface area (Å²) in [7, 11) is -3.37. The fourth-order valence-electron chi connectivity index (χ4n) is 1.80. The first-order valence-corrected chi connectivity index (χ1v) is 8.03. The first-order chi connectivity index (χ1) is 9.83. The summed E-state index contributed by atoms with van der Waals surface area (Å²) in [6.07, 6.45) is -0.116. The van der Waals surface area contributed by atoms with E-state index in [-0.39, 0.29) is 30.5 Å². The van der Waals surface area contributed by atoms with Gasteiger partial charge >= 0.3 is 19.5 Å². The lowest BCUT2D eigenvalue weighted by Crippen LogP contribution is -2.09. The van der Waals surface area contributed by atoms with Crippen molar-refractivity contribution in [1.82, 2.24) is 0 Å². The molecule has 0 fully saturated rings. The highest BCUT2D eigenvalue weighted by molar-refractivity contribution is 7.53. The zero-order chi connectivity index (χ0) is 16.0. The van der Waals surface area contributed by atoms with E-state index in [4.69, 9.17) is 19.3 Å². The molecule has 0 aromatic heterocycles. The van der Waals surface area contributed by atoms with E-state index in [9.17, 15) is 14.2 Å². The molecule has 8 heteroatoms. The number of hydrogen-bond donors (Lipinski definition) is 2. The van der Waals surface area contributed by atoms with Crippen molar-refractivity contribution < 1.29 is 33.4 Å². The summed E-state index contributed by atoms with van der Waals surface area (Å²) < 4.78 is 22.6. The SMILES string of the molecule is CCOP(=O)(Cc1ccc(C(=O)O)c(C(=O)O)c1)OCC. The minimum atomic E-state index is -3.37. The zero-order valence-electron chi connectivity index (χ0n) is 11.7. The van der Waals surface area contributed by atoms with E-state index in [1.54, 1.807) is 13.8 Å². The molecule has 0 atom stereocenters. The average molecular weight is 316 g/mol. The highest BCUT2D eigenvalue weighted by Gasteiger charge is 2.25. The van der Waals surface area contributed by atoms with E-state index in [2.05, 4.69) is 0 Å². The molecule has 2 N–H and O–H groups in total. The maximum atomic E-state index is 12.4. The van der Waals surface area contributed by atoms with Gasteiger partial charge in [0.1, 0.15) is 0 Å². The largest absolute Gasteiger partial charge is 0.478 e. The standard InChI is InChI=1S/C13H17O7P/c1-3-19-21(18,20-4-2)8-9-5-6-10(12(14)15)11(7-9)13(16)17/h5-7H,3-4,8H2,1-2H3,(H,14,15)(H,16,17). The van der Waals surface area contributed by atoms with Gasteiger partial charge in [-0.3, -0.25) is 4.57 Å². The van der Waals surface area contributed by atoms with Crippen LogP contribution in [0.1, 0.15) is 40.1 Å². The second kappa shape index (κ2) is 7.36. The molecule has 0 heterocycles. The molecule has 0 aliphatic rings. The summed E-state index contributed by atoms with van der Waals surface area (Å²) in [5, 5.41) is 18.0. The van der Waals surface area contributed by atoms with Crippen LogP contribution in [0.5, 0.6) is 0 Å². The molecule has 0 saturated carbocycles. The minimum absolute atomic E-state index is 0.116. The van der Waals surface area contributed by atoms with Crippen molar-refractivity contribution in [3.8, 4) is 0 Å². The first kappa shape index (κ1) is 17.4. The molecule has 116 valence electrons. The lowest BCUT2D eigenvalue weighted by atomic mass is 10.0. The number of rotatable bonds is 8. The third-order valence-corrected chi connectivity index (χ3v) is 4.63. The first-order valence-electron chi connectivity index (χ1n) is 6.30. The van der Waals surface area contributed by atoms with Gasteiger partial charge in [-0.15, -0.1) is 0 Å². The molecule has 7 nitrogen and oxygen atoms in total. The minimum Gasteiger partial charge on any atom is -0.478 e. The van der Waals surface area contributed by atoms with Gasteiger partial charge in [-0.2, -0.15) is 0 Å². The van der Waals surface area contributed by atoms with Crippen molar-refractivity contribution in [2.24, 2.45) is 0 Å². The molecule has 1 rings (SSSR count). The molecule has 1 aromatic carbocycles. The van der Waals surface area contributed by atoms with Crippen LogP contribution in [0.3, 0.4) is 0 Å². The van der Waals surface area contributed by atoms with Gasteiger partial charge in [-0.05, 0) is 31.5 Å². The smallest absolute Gasteiger partial charge is 0.336 e. The topological polar surface area (TPSA) is 110 Å². The molecule has 0 bridgehead atoms. The Kier molecular flexibility index (Phi) is 6.08. The third-order valence-electron chi connectivity index (χ3n) is 2.57. The molecule has 1 aromatic rings. The maximum Gasteiger partial charge on any atom is 0.336 e. The van der Waals surface area contributed by atoms with Gasteiger partial charge in [-0.25, -0.2) is 9.59 Å². The highest BCUT2D eigenvalue weighted by atomic mass is 31.2. The Bertz CT molecular complexity index is 572. The van der Waals surface area contributed by atoms with E-state index in [0.717, 1.165) is 0 Å². The van der Waals surface area contributed by atoms with Gasteiger partial charge in [0, 0.05) is 0 Å². The lowest BCUT2D eigenvalue weighted by molar-refractivity contribution is 0.0651. The Labute approximate surface area is 122 Å². The number of aromatic carboxylic acids is 2. The normalized spacial score (nSPS) is 11.3. The molecule has 0 radical (unpaired) electrons. The van der Waals surface area contributed by atoms with Crippen molar-refractivity contribution in [1.29, 1.82) is 0 Å². The lowest BCUT2D eigenvalue weighted by Gasteiger charge is -2.17. The van der Waals surface area contributed by atoms with Gasteiger partial charge in [0.2, 0.25) is 0 Å². The number of carbonyl (C=O) groups is 2. The summed E-state index contributed by atoms with van der Waals surface area (Å²) in [5.74, 6) is -2.70. The Morgan fingerprint density at radius 2 is 1.57 bits per heavy atom. The van der Waals surface area contributed by atoms with Crippen LogP contribution in [-0.4, -0.2) is 35.4 Å². The van der Waals surface area contributed by atoms with Gasteiger partial charge in [0.25, 0.3) is 0 Å². The molecular weight excluding hydrogens is 299 g/mol. The van der Waals surface area contributed by atoms with Gasteiger partial charge in [0.15, 0.2) is 0 Å². The fraction of sp³-hybridized carbons (Fsp3) is 0.385. The maximum absolute atomic E-state index is 12.4. The quantitative estimate of drug-likeness (QED) is 0.709. The number of benzene rings is 1. The Morgan fingerprint density at radius 3 is 2.00 bits per heavy atom. The zero-order valence-corrected chi connectivity index (χ0v) is 12.6. The second-order valence-electron chi connectivity index (χ2n) is 4.09. The van der Waals surface area contributed by atoms with E-state index >= 15 is 0 Å². The van der Waals surface area contributed by atoms with Crippen molar-refractivity contribution >= 4 is 19.5 Å². The predicted octanol–water partition coefficient (Wildman–Crippen LogP) is 2.85. The van der Waals surface area contributed by atoms with Crippen molar-refractivity contribution in [2.45, 2.75) is 20.0 Å². The summed E-state index contributed by atoms with van der Waals surface area (Å²) >= 11 is 0. The Morgan fingerprint density at radius 1 is 1.05 bits per heavy atom. The summed E-state index contributed by atoms with van der Waals surface area (Å²) in [4.78, 5) is 22.1. The molecule has 0 unspecified atom stereocenters. The van der Waals surface area contributed by atoms with Crippen LogP contribution in [0.15, 0.2) is 18.2 Å². The molecule has 0 amide bonds. The number of hydrogen-bond acceptors (Lipinski definition) is 5. The Hall–Kier alpha value is -1.69. The van der Waals surface area contributed by atoms with E-state index < -0.39 is 19.5 Å². The van der Waals surface area contributed by atoms with Crippen LogP contribution >= 0.6 is 7.60 Å². The van der Waals surface area contributed by atoms with E-state index in [1.807, 2.05) is 0 Å². The van der Waals surface area contributed by atoms with Crippen molar-refractivity contribution in [3.63, 3.8) is 0 Å². The van der Waals surface area contributed by atoms with Crippen LogP contribution < -0.4 is 0 Å². The second-order valence-corrected chi connectivity index (χ2v) is 6.15. The summed E-state index contributed by atoms with van der Waals surface area (Å²) in [6.45, 7) is 3.72. The summed E-state index contributed by atoms with van der Waals surface area (Å²) in [5.41, 5.74) is -0.309. The number of carboxylic acids is 2. The van der Waals surface area contributed by atoms with Gasteiger partial charge in [-0.1, -0.05) is 6.07 Å². The predicted molar refractivity (Wildman–Crippen MR) is 74.9 cm³/mol. The van der Waals surface area contributed by atoms with Crippen molar-refractivity contribution in [2.75, 3.05) is 13.2 Å². The molecule has 0 aliphatic heterocycles. The molecular formula is C13H17O7P. The molecule has 0 aliphatic carbocycles. The highest BCUT2D eigenvalue weighted by Crippen LogP contribution is 2.51. The van der Waals surface area contributed by atoms with E-state index in [0.29, 0.717) is 5.56 Å². The summed E-state index contributed by atoms with van der Waals surface area (Å²) in [6, 6.07) is 3.75. The van der Waals surface area contributed by atoms with Gasteiger partial charge < -0.3 is 19.3 Å². The van der Waals surface area contributed by atoms with Crippen LogP contribution in [-0.2, 0) is 19.8 Å².